The van der Waals surface area contributed by atoms with Crippen LogP contribution in [0.3, 0.4) is 0 Å². The van der Waals surface area contributed by atoms with E-state index in [1.807, 2.05) is 56.3 Å². The number of hydrogen-bond acceptors (Lipinski definition) is 5. The van der Waals surface area contributed by atoms with Crippen molar-refractivity contribution in [3.05, 3.63) is 78.4 Å². The molecule has 0 saturated carbocycles. The summed E-state index contributed by atoms with van der Waals surface area (Å²) in [5.74, 6) is -1.94. The van der Waals surface area contributed by atoms with Crippen molar-refractivity contribution in [2.45, 2.75) is 44.6 Å². The van der Waals surface area contributed by atoms with Gasteiger partial charge in [-0.15, -0.1) is 0 Å². The number of amides is 2. The summed E-state index contributed by atoms with van der Waals surface area (Å²) in [4.78, 5) is 30.8. The maximum absolute atomic E-state index is 13.4. The second-order valence-corrected chi connectivity index (χ2v) is 11.7. The second kappa shape index (κ2) is 12.5. The van der Waals surface area contributed by atoms with E-state index in [1.54, 1.807) is 17.0 Å². The van der Waals surface area contributed by atoms with Gasteiger partial charge >= 0.3 is 0 Å². The van der Waals surface area contributed by atoms with Crippen molar-refractivity contribution in [3.8, 4) is 0 Å². The van der Waals surface area contributed by atoms with Crippen LogP contribution in [-0.2, 0) is 26.2 Å². The van der Waals surface area contributed by atoms with E-state index in [1.165, 1.54) is 11.6 Å². The Bertz CT molecular complexity index is 1350. The SMILES string of the molecule is CCN(CC)C(=O)C(CC1CCN(Cc2ccccc2)CC1)C(=O)NS(=O)(=O)c1ccc2ccccc2c1. The Labute approximate surface area is 225 Å². The van der Waals surface area contributed by atoms with E-state index < -0.39 is 21.8 Å². The van der Waals surface area contributed by atoms with E-state index >= 15 is 0 Å². The largest absolute Gasteiger partial charge is 0.343 e. The van der Waals surface area contributed by atoms with Gasteiger partial charge in [-0.2, -0.15) is 0 Å². The maximum Gasteiger partial charge on any atom is 0.264 e. The number of hydrogen-bond donors (Lipinski definition) is 1. The van der Waals surface area contributed by atoms with E-state index in [4.69, 9.17) is 0 Å². The molecule has 0 aromatic heterocycles. The molecule has 1 heterocycles. The average Bonchev–Trinajstić information content (AvgIpc) is 2.93. The molecule has 2 amide bonds. The van der Waals surface area contributed by atoms with Crippen LogP contribution >= 0.6 is 0 Å². The molecule has 3 aromatic rings. The molecule has 8 heteroatoms. The third-order valence-corrected chi connectivity index (χ3v) is 8.83. The Morgan fingerprint density at radius 2 is 1.55 bits per heavy atom. The maximum atomic E-state index is 13.4. The lowest BCUT2D eigenvalue weighted by atomic mass is 9.86. The molecule has 1 atom stereocenters. The minimum absolute atomic E-state index is 0.00723. The lowest BCUT2D eigenvalue weighted by molar-refractivity contribution is -0.142. The monoisotopic (exact) mass is 535 g/mol. The molecule has 4 rings (SSSR count). The number of carbonyl (C=O) groups is 2. The van der Waals surface area contributed by atoms with Crippen molar-refractivity contribution in [2.24, 2.45) is 11.8 Å². The predicted octanol–water partition coefficient (Wildman–Crippen LogP) is 4.43. The first-order chi connectivity index (χ1) is 18.3. The number of rotatable bonds is 10. The summed E-state index contributed by atoms with van der Waals surface area (Å²) >= 11 is 0. The molecule has 3 aromatic carbocycles. The number of benzene rings is 3. The van der Waals surface area contributed by atoms with Crippen molar-refractivity contribution in [3.63, 3.8) is 0 Å². The molecule has 1 aliphatic rings. The van der Waals surface area contributed by atoms with E-state index in [0.29, 0.717) is 19.5 Å². The molecule has 0 spiro atoms. The van der Waals surface area contributed by atoms with Crippen LogP contribution in [0.15, 0.2) is 77.7 Å². The van der Waals surface area contributed by atoms with Gasteiger partial charge in [-0.1, -0.05) is 60.7 Å². The minimum atomic E-state index is -4.13. The number of nitrogens with one attached hydrogen (secondary N) is 1. The molecular weight excluding hydrogens is 498 g/mol. The van der Waals surface area contributed by atoms with E-state index in [2.05, 4.69) is 21.8 Å². The van der Waals surface area contributed by atoms with Crippen LogP contribution in [0.5, 0.6) is 0 Å². The third-order valence-electron chi connectivity index (χ3n) is 7.48. The molecule has 0 bridgehead atoms. The summed E-state index contributed by atoms with van der Waals surface area (Å²) < 4.78 is 28.6. The van der Waals surface area contributed by atoms with Crippen molar-refractivity contribution in [2.75, 3.05) is 26.2 Å². The molecule has 7 nitrogen and oxygen atoms in total. The highest BCUT2D eigenvalue weighted by Gasteiger charge is 2.35. The molecule has 0 radical (unpaired) electrons. The summed E-state index contributed by atoms with van der Waals surface area (Å²) in [7, 11) is -4.13. The molecule has 0 aliphatic carbocycles. The predicted molar refractivity (Wildman–Crippen MR) is 150 cm³/mol. The molecular formula is C30H37N3O4S. The van der Waals surface area contributed by atoms with Gasteiger partial charge < -0.3 is 4.90 Å². The topological polar surface area (TPSA) is 86.8 Å². The van der Waals surface area contributed by atoms with Gasteiger partial charge in [0.2, 0.25) is 11.8 Å². The molecule has 38 heavy (non-hydrogen) atoms. The van der Waals surface area contributed by atoms with Gasteiger partial charge in [0.05, 0.1) is 4.90 Å². The molecule has 1 N–H and O–H groups in total. The van der Waals surface area contributed by atoms with Crippen molar-refractivity contribution in [1.82, 2.24) is 14.5 Å². The molecule has 202 valence electrons. The first kappa shape index (κ1) is 27.8. The highest BCUT2D eigenvalue weighted by Crippen LogP contribution is 2.27. The third kappa shape index (κ3) is 6.79. The zero-order chi connectivity index (χ0) is 27.1. The number of nitrogens with zero attached hydrogens (tertiary/aromatic N) is 2. The summed E-state index contributed by atoms with van der Waals surface area (Å²) in [6, 6.07) is 22.5. The standard InChI is InChI=1S/C30H37N3O4S/c1-3-33(4-2)30(35)28(20-23-16-18-32(19-17-23)22-24-10-6-5-7-11-24)29(34)31-38(36,37)27-15-14-25-12-8-9-13-26(25)21-27/h5-15,21,23,28H,3-4,16-20,22H2,1-2H3,(H,31,34). The number of fused-ring (bicyclic) bond motifs is 1. The first-order valence-corrected chi connectivity index (χ1v) is 14.9. The Morgan fingerprint density at radius 1 is 0.921 bits per heavy atom. The number of sulfonamides is 1. The quantitative estimate of drug-likeness (QED) is 0.388. The van der Waals surface area contributed by atoms with Gasteiger partial charge in [-0.25, -0.2) is 13.1 Å². The number of piperidine rings is 1. The van der Waals surface area contributed by atoms with Crippen LogP contribution in [0, 0.1) is 11.8 Å². The van der Waals surface area contributed by atoms with E-state index in [0.717, 1.165) is 43.2 Å². The number of likely N-dealkylation sites (tertiary alicyclic amines) is 1. The summed E-state index contributed by atoms with van der Waals surface area (Å²) in [5.41, 5.74) is 1.26. The van der Waals surface area contributed by atoms with Gasteiger partial charge in [-0.05, 0) is 80.6 Å². The summed E-state index contributed by atoms with van der Waals surface area (Å²) in [5, 5.41) is 1.67. The summed E-state index contributed by atoms with van der Waals surface area (Å²) in [6.45, 7) is 7.29. The Kier molecular flexibility index (Phi) is 9.17. The fourth-order valence-electron chi connectivity index (χ4n) is 5.23. The van der Waals surface area contributed by atoms with Crippen LogP contribution in [0.1, 0.15) is 38.7 Å². The zero-order valence-corrected chi connectivity index (χ0v) is 23.0. The van der Waals surface area contributed by atoms with Gasteiger partial charge in [0, 0.05) is 19.6 Å². The van der Waals surface area contributed by atoms with Crippen molar-refractivity contribution >= 4 is 32.6 Å². The normalized spacial score (nSPS) is 15.7. The fourth-order valence-corrected chi connectivity index (χ4v) is 6.28. The van der Waals surface area contributed by atoms with E-state index in [-0.39, 0.29) is 16.7 Å². The Hall–Kier alpha value is -3.23. The smallest absolute Gasteiger partial charge is 0.264 e. The molecule has 1 unspecified atom stereocenters. The lowest BCUT2D eigenvalue weighted by Crippen LogP contribution is -2.46. The first-order valence-electron chi connectivity index (χ1n) is 13.4. The second-order valence-electron chi connectivity index (χ2n) is 9.98. The minimum Gasteiger partial charge on any atom is -0.343 e. The van der Waals surface area contributed by atoms with Gasteiger partial charge in [0.25, 0.3) is 10.0 Å². The van der Waals surface area contributed by atoms with Gasteiger partial charge in [0.1, 0.15) is 5.92 Å². The Balaban J connectivity index is 1.46. The van der Waals surface area contributed by atoms with Crippen LogP contribution in [0.4, 0.5) is 0 Å². The fraction of sp³-hybridized carbons (Fsp3) is 0.400. The average molecular weight is 536 g/mol. The van der Waals surface area contributed by atoms with E-state index in [9.17, 15) is 18.0 Å². The highest BCUT2D eigenvalue weighted by molar-refractivity contribution is 7.90. The van der Waals surface area contributed by atoms with Crippen LogP contribution in [0.2, 0.25) is 0 Å². The molecule has 1 aliphatic heterocycles. The number of carbonyl (C=O) groups excluding carboxylic acids is 2. The van der Waals surface area contributed by atoms with Gasteiger partial charge in [0.15, 0.2) is 0 Å². The molecule has 1 fully saturated rings. The van der Waals surface area contributed by atoms with Crippen molar-refractivity contribution in [1.29, 1.82) is 0 Å². The highest BCUT2D eigenvalue weighted by atomic mass is 32.2. The van der Waals surface area contributed by atoms with Crippen molar-refractivity contribution < 1.29 is 18.0 Å². The lowest BCUT2D eigenvalue weighted by Gasteiger charge is -2.34. The van der Waals surface area contributed by atoms with Crippen LogP contribution in [0.25, 0.3) is 10.8 Å². The van der Waals surface area contributed by atoms with Crippen LogP contribution < -0.4 is 4.72 Å². The summed E-state index contributed by atoms with van der Waals surface area (Å²) in [6.07, 6.45) is 2.06. The Morgan fingerprint density at radius 3 is 2.21 bits per heavy atom. The van der Waals surface area contributed by atoms with Gasteiger partial charge in [-0.3, -0.25) is 14.5 Å². The molecule has 1 saturated heterocycles. The zero-order valence-electron chi connectivity index (χ0n) is 22.2. The van der Waals surface area contributed by atoms with Crippen LogP contribution in [-0.4, -0.2) is 56.2 Å².